The first kappa shape index (κ1) is 14.8. The molecule has 2 heterocycles. The number of rotatable bonds is 4. The second-order valence-corrected chi connectivity index (χ2v) is 7.10. The van der Waals surface area contributed by atoms with Crippen molar-refractivity contribution in [1.82, 2.24) is 0 Å². The number of aryl methyl sites for hydroxylation is 1. The van der Waals surface area contributed by atoms with Crippen LogP contribution >= 0.6 is 0 Å². The van der Waals surface area contributed by atoms with Crippen LogP contribution in [0.15, 0.2) is 36.4 Å². The molecule has 0 spiro atoms. The van der Waals surface area contributed by atoms with Gasteiger partial charge in [-0.3, -0.25) is 0 Å². The Morgan fingerprint density at radius 2 is 2.05 bits per heavy atom. The Morgan fingerprint density at radius 1 is 1.33 bits per heavy atom. The maximum absolute atomic E-state index is 6.43. The van der Waals surface area contributed by atoms with E-state index < -0.39 is 0 Å². The number of hydrogen-bond donors (Lipinski definition) is 0. The van der Waals surface area contributed by atoms with Crippen LogP contribution < -0.4 is 0 Å². The summed E-state index contributed by atoms with van der Waals surface area (Å²) in [6.07, 6.45) is 2.14. The predicted molar refractivity (Wildman–Crippen MR) is 85.2 cm³/mol. The number of ether oxygens (including phenoxy) is 2. The van der Waals surface area contributed by atoms with E-state index in [1.165, 1.54) is 11.1 Å². The zero-order valence-electron chi connectivity index (χ0n) is 13.6. The summed E-state index contributed by atoms with van der Waals surface area (Å²) >= 11 is 0. The van der Waals surface area contributed by atoms with Gasteiger partial charge >= 0.3 is 0 Å². The third kappa shape index (κ3) is 2.16. The summed E-state index contributed by atoms with van der Waals surface area (Å²) in [6, 6.07) is 8.39. The van der Waals surface area contributed by atoms with E-state index in [0.29, 0.717) is 12.5 Å². The van der Waals surface area contributed by atoms with Crippen molar-refractivity contribution >= 4 is 0 Å². The molecule has 2 heteroatoms. The molecule has 2 nitrogen and oxygen atoms in total. The topological polar surface area (TPSA) is 18.5 Å². The lowest BCUT2D eigenvalue weighted by Gasteiger charge is -2.34. The van der Waals surface area contributed by atoms with E-state index in [1.54, 1.807) is 0 Å². The predicted octanol–water partition coefficient (Wildman–Crippen LogP) is 4.41. The average molecular weight is 286 g/mol. The first-order valence-corrected chi connectivity index (χ1v) is 7.94. The van der Waals surface area contributed by atoms with Crippen LogP contribution in [-0.4, -0.2) is 17.3 Å². The maximum atomic E-state index is 6.43. The van der Waals surface area contributed by atoms with Gasteiger partial charge in [0.1, 0.15) is 6.10 Å². The number of hydrogen-bond acceptors (Lipinski definition) is 2. The van der Waals surface area contributed by atoms with Crippen LogP contribution in [0.1, 0.15) is 44.7 Å². The second-order valence-electron chi connectivity index (χ2n) is 7.10. The van der Waals surface area contributed by atoms with Crippen LogP contribution in [0.4, 0.5) is 0 Å². The Balaban J connectivity index is 1.78. The Bertz CT molecular complexity index is 562. The van der Waals surface area contributed by atoms with Gasteiger partial charge in [0.15, 0.2) is 0 Å². The SMILES string of the molecule is C=C1[C@@H](OCc2ccccc2C)[C@]2(C)CC[C@@]1(C(C)C)O2. The molecule has 0 aliphatic carbocycles. The summed E-state index contributed by atoms with van der Waals surface area (Å²) in [4.78, 5) is 0. The standard InChI is InChI=1S/C19H26O2/c1-13(2)19-11-10-18(5,21-19)17(15(19)4)20-12-16-9-7-6-8-14(16)3/h6-9,13,17H,4,10-12H2,1-3,5H3/t17-,18+,19+/m1/s1. The quantitative estimate of drug-likeness (QED) is 0.763. The van der Waals surface area contributed by atoms with E-state index in [4.69, 9.17) is 9.47 Å². The zero-order chi connectivity index (χ0) is 15.3. The van der Waals surface area contributed by atoms with Crippen molar-refractivity contribution in [3.63, 3.8) is 0 Å². The van der Waals surface area contributed by atoms with Crippen molar-refractivity contribution in [2.24, 2.45) is 5.92 Å². The van der Waals surface area contributed by atoms with Gasteiger partial charge in [0, 0.05) is 0 Å². The highest BCUT2D eigenvalue weighted by atomic mass is 16.6. The van der Waals surface area contributed by atoms with Crippen molar-refractivity contribution < 1.29 is 9.47 Å². The van der Waals surface area contributed by atoms with Crippen molar-refractivity contribution in [3.8, 4) is 0 Å². The van der Waals surface area contributed by atoms with Crippen LogP contribution in [0.3, 0.4) is 0 Å². The molecule has 0 amide bonds. The van der Waals surface area contributed by atoms with Crippen molar-refractivity contribution in [1.29, 1.82) is 0 Å². The maximum Gasteiger partial charge on any atom is 0.110 e. The second kappa shape index (κ2) is 4.96. The molecule has 21 heavy (non-hydrogen) atoms. The molecule has 0 aromatic heterocycles. The molecule has 1 aromatic carbocycles. The molecule has 2 saturated heterocycles. The summed E-state index contributed by atoms with van der Waals surface area (Å²) in [5, 5.41) is 0. The van der Waals surface area contributed by atoms with Crippen LogP contribution in [-0.2, 0) is 16.1 Å². The van der Waals surface area contributed by atoms with Gasteiger partial charge in [0.25, 0.3) is 0 Å². The van der Waals surface area contributed by atoms with Gasteiger partial charge in [0.2, 0.25) is 0 Å². The minimum absolute atomic E-state index is 0.00764. The Kier molecular flexibility index (Phi) is 3.50. The molecule has 0 unspecified atom stereocenters. The molecule has 0 radical (unpaired) electrons. The molecule has 2 bridgehead atoms. The zero-order valence-corrected chi connectivity index (χ0v) is 13.6. The van der Waals surface area contributed by atoms with E-state index in [2.05, 4.69) is 58.5 Å². The summed E-state index contributed by atoms with van der Waals surface area (Å²) < 4.78 is 12.7. The number of benzene rings is 1. The summed E-state index contributed by atoms with van der Waals surface area (Å²) in [5.41, 5.74) is 3.28. The average Bonchev–Trinajstić information content (AvgIpc) is 2.90. The molecule has 1 aromatic rings. The molecule has 3 rings (SSSR count). The van der Waals surface area contributed by atoms with Gasteiger partial charge in [-0.1, -0.05) is 44.7 Å². The minimum atomic E-state index is -0.204. The smallest absolute Gasteiger partial charge is 0.110 e. The molecule has 2 fully saturated rings. The lowest BCUT2D eigenvalue weighted by molar-refractivity contribution is -0.0959. The lowest BCUT2D eigenvalue weighted by Crippen LogP contribution is -2.40. The van der Waals surface area contributed by atoms with E-state index in [0.717, 1.165) is 18.4 Å². The highest BCUT2D eigenvalue weighted by Gasteiger charge is 2.63. The van der Waals surface area contributed by atoms with E-state index in [-0.39, 0.29) is 17.3 Å². The molecular formula is C19H26O2. The first-order valence-electron chi connectivity index (χ1n) is 7.94. The van der Waals surface area contributed by atoms with Crippen molar-refractivity contribution in [2.75, 3.05) is 0 Å². The minimum Gasteiger partial charge on any atom is -0.366 e. The van der Waals surface area contributed by atoms with Crippen LogP contribution in [0.25, 0.3) is 0 Å². The lowest BCUT2D eigenvalue weighted by atomic mass is 9.72. The van der Waals surface area contributed by atoms with Gasteiger partial charge in [-0.15, -0.1) is 0 Å². The van der Waals surface area contributed by atoms with Gasteiger partial charge in [0.05, 0.1) is 17.8 Å². The third-order valence-corrected chi connectivity index (χ3v) is 5.42. The molecule has 0 N–H and O–H groups in total. The summed E-state index contributed by atoms with van der Waals surface area (Å²) in [6.45, 7) is 13.7. The summed E-state index contributed by atoms with van der Waals surface area (Å²) in [5.74, 6) is 0.443. The van der Waals surface area contributed by atoms with Gasteiger partial charge in [-0.05, 0) is 49.3 Å². The Morgan fingerprint density at radius 3 is 2.67 bits per heavy atom. The number of fused-ring (bicyclic) bond motifs is 2. The van der Waals surface area contributed by atoms with Crippen LogP contribution in [0.5, 0.6) is 0 Å². The Hall–Kier alpha value is -1.12. The first-order chi connectivity index (χ1) is 9.89. The third-order valence-electron chi connectivity index (χ3n) is 5.42. The van der Waals surface area contributed by atoms with Gasteiger partial charge in [-0.25, -0.2) is 0 Å². The van der Waals surface area contributed by atoms with E-state index in [9.17, 15) is 0 Å². The monoisotopic (exact) mass is 286 g/mol. The molecular weight excluding hydrogens is 260 g/mol. The molecule has 114 valence electrons. The highest BCUT2D eigenvalue weighted by molar-refractivity contribution is 5.34. The van der Waals surface area contributed by atoms with E-state index in [1.807, 2.05) is 0 Å². The summed E-state index contributed by atoms with van der Waals surface area (Å²) in [7, 11) is 0. The van der Waals surface area contributed by atoms with Gasteiger partial charge in [-0.2, -0.15) is 0 Å². The normalized spacial score (nSPS) is 34.9. The molecule has 0 saturated carbocycles. The molecule has 2 aliphatic heterocycles. The molecule has 3 atom stereocenters. The molecule has 2 aliphatic rings. The van der Waals surface area contributed by atoms with Gasteiger partial charge < -0.3 is 9.47 Å². The fourth-order valence-electron chi connectivity index (χ4n) is 3.95. The van der Waals surface area contributed by atoms with Crippen molar-refractivity contribution in [2.45, 2.75) is 64.4 Å². The highest BCUT2D eigenvalue weighted by Crippen LogP contribution is 2.57. The Labute approximate surface area is 128 Å². The fraction of sp³-hybridized carbons (Fsp3) is 0.579. The van der Waals surface area contributed by atoms with E-state index >= 15 is 0 Å². The largest absolute Gasteiger partial charge is 0.366 e. The van der Waals surface area contributed by atoms with Crippen LogP contribution in [0.2, 0.25) is 0 Å². The van der Waals surface area contributed by atoms with Crippen molar-refractivity contribution in [3.05, 3.63) is 47.5 Å². The fourth-order valence-corrected chi connectivity index (χ4v) is 3.95. The van der Waals surface area contributed by atoms with Crippen LogP contribution in [0, 0.1) is 12.8 Å².